The van der Waals surface area contributed by atoms with Gasteiger partial charge in [-0.15, -0.1) is 0 Å². The van der Waals surface area contributed by atoms with E-state index in [0.717, 1.165) is 24.3 Å². The van der Waals surface area contributed by atoms with Crippen LogP contribution in [0.5, 0.6) is 11.5 Å². The van der Waals surface area contributed by atoms with Crippen molar-refractivity contribution in [1.82, 2.24) is 5.43 Å². The summed E-state index contributed by atoms with van der Waals surface area (Å²) in [6, 6.07) is 13.0. The molecule has 0 aliphatic rings. The minimum absolute atomic E-state index is 0.254. The van der Waals surface area contributed by atoms with Crippen molar-refractivity contribution in [2.45, 2.75) is 20.8 Å². The molecule has 1 N–H and O–H groups in total. The van der Waals surface area contributed by atoms with Crippen molar-refractivity contribution in [2.24, 2.45) is 5.10 Å². The normalized spacial score (nSPS) is 10.7. The molecule has 1 amide bonds. The first kappa shape index (κ1) is 20.3. The molecule has 0 heterocycles. The number of amides is 1. The number of ether oxygens (including phenoxy) is 2. The molecular weight excluding hydrogens is 342 g/mol. The van der Waals surface area contributed by atoms with Crippen LogP contribution in [0.25, 0.3) is 0 Å². The van der Waals surface area contributed by atoms with Gasteiger partial charge in [0.25, 0.3) is 5.91 Å². The van der Waals surface area contributed by atoms with E-state index < -0.39 is 0 Å². The zero-order valence-corrected chi connectivity index (χ0v) is 16.4. The van der Waals surface area contributed by atoms with Gasteiger partial charge >= 0.3 is 0 Å². The maximum absolute atomic E-state index is 12.2. The summed E-state index contributed by atoms with van der Waals surface area (Å²) < 4.78 is 10.8. The standard InChI is InChI=1S/C21H27N3O3/c1-5-24(6-2)18-11-9-17(10-12-18)21(25)23-22-15-16-8-13-19(27-7-3)20(14-16)26-4/h8-15H,5-7H2,1-4H3,(H,23,25). The van der Waals surface area contributed by atoms with Crippen molar-refractivity contribution in [1.29, 1.82) is 0 Å². The maximum atomic E-state index is 12.2. The van der Waals surface area contributed by atoms with E-state index >= 15 is 0 Å². The molecule has 0 aromatic heterocycles. The van der Waals surface area contributed by atoms with Crippen molar-refractivity contribution >= 4 is 17.8 Å². The summed E-state index contributed by atoms with van der Waals surface area (Å²) in [5.74, 6) is 1.05. The summed E-state index contributed by atoms with van der Waals surface area (Å²) in [4.78, 5) is 14.5. The predicted octanol–water partition coefficient (Wildman–Crippen LogP) is 3.70. The number of nitrogens with zero attached hydrogens (tertiary/aromatic N) is 2. The van der Waals surface area contributed by atoms with E-state index in [9.17, 15) is 4.79 Å². The van der Waals surface area contributed by atoms with Crippen molar-refractivity contribution in [3.8, 4) is 11.5 Å². The van der Waals surface area contributed by atoms with E-state index in [1.54, 1.807) is 31.5 Å². The first-order valence-electron chi connectivity index (χ1n) is 9.12. The third-order valence-corrected chi connectivity index (χ3v) is 4.13. The van der Waals surface area contributed by atoms with Crippen LogP contribution in [0.1, 0.15) is 36.7 Å². The van der Waals surface area contributed by atoms with Crippen molar-refractivity contribution in [3.63, 3.8) is 0 Å². The number of anilines is 1. The molecule has 0 bridgehead atoms. The summed E-state index contributed by atoms with van der Waals surface area (Å²) in [7, 11) is 1.59. The molecule has 2 rings (SSSR count). The minimum atomic E-state index is -0.254. The van der Waals surface area contributed by atoms with Crippen molar-refractivity contribution < 1.29 is 14.3 Å². The largest absolute Gasteiger partial charge is 0.493 e. The van der Waals surface area contributed by atoms with E-state index in [1.807, 2.05) is 31.2 Å². The highest BCUT2D eigenvalue weighted by molar-refractivity contribution is 5.95. The highest BCUT2D eigenvalue weighted by atomic mass is 16.5. The smallest absolute Gasteiger partial charge is 0.271 e. The molecule has 0 unspecified atom stereocenters. The lowest BCUT2D eigenvalue weighted by atomic mass is 10.2. The second-order valence-electron chi connectivity index (χ2n) is 5.76. The number of methoxy groups -OCH3 is 1. The third-order valence-electron chi connectivity index (χ3n) is 4.13. The first-order valence-corrected chi connectivity index (χ1v) is 9.12. The van der Waals surface area contributed by atoms with Gasteiger partial charge in [0.1, 0.15) is 0 Å². The van der Waals surface area contributed by atoms with Crippen LogP contribution < -0.4 is 19.8 Å². The molecule has 27 heavy (non-hydrogen) atoms. The number of hydrogen-bond donors (Lipinski definition) is 1. The lowest BCUT2D eigenvalue weighted by molar-refractivity contribution is 0.0955. The Morgan fingerprint density at radius 2 is 1.78 bits per heavy atom. The number of rotatable bonds is 9. The second kappa shape index (κ2) is 10.2. The predicted molar refractivity (Wildman–Crippen MR) is 109 cm³/mol. The Morgan fingerprint density at radius 1 is 1.07 bits per heavy atom. The van der Waals surface area contributed by atoms with Crippen molar-refractivity contribution in [3.05, 3.63) is 53.6 Å². The molecule has 0 radical (unpaired) electrons. The van der Waals surface area contributed by atoms with Gasteiger partial charge in [0.2, 0.25) is 0 Å². The number of nitrogens with one attached hydrogen (secondary N) is 1. The van der Waals surface area contributed by atoms with E-state index in [1.165, 1.54) is 0 Å². The van der Waals surface area contributed by atoms with Gasteiger partial charge in [-0.3, -0.25) is 4.79 Å². The molecule has 0 fully saturated rings. The van der Waals surface area contributed by atoms with Crippen LogP contribution in [0.3, 0.4) is 0 Å². The SMILES string of the molecule is CCOc1ccc(C=NNC(=O)c2ccc(N(CC)CC)cc2)cc1OC. The fourth-order valence-electron chi connectivity index (χ4n) is 2.68. The summed E-state index contributed by atoms with van der Waals surface area (Å²) in [5, 5.41) is 4.03. The average molecular weight is 369 g/mol. The molecule has 0 atom stereocenters. The highest BCUT2D eigenvalue weighted by Crippen LogP contribution is 2.27. The third kappa shape index (κ3) is 5.48. The first-order chi connectivity index (χ1) is 13.1. The number of carbonyl (C=O) groups is 1. The molecule has 0 saturated heterocycles. The molecule has 0 aliphatic heterocycles. The van der Waals surface area contributed by atoms with Gasteiger partial charge in [0.15, 0.2) is 11.5 Å². The van der Waals surface area contributed by atoms with Gasteiger partial charge in [0, 0.05) is 24.3 Å². The van der Waals surface area contributed by atoms with Crippen LogP contribution >= 0.6 is 0 Å². The van der Waals surface area contributed by atoms with Gasteiger partial charge in [-0.1, -0.05) is 0 Å². The van der Waals surface area contributed by atoms with E-state index in [-0.39, 0.29) is 5.91 Å². The van der Waals surface area contributed by atoms with Gasteiger partial charge in [0.05, 0.1) is 19.9 Å². The molecular formula is C21H27N3O3. The monoisotopic (exact) mass is 369 g/mol. The summed E-state index contributed by atoms with van der Waals surface area (Å²) in [5.41, 5.74) is 5.01. The van der Waals surface area contributed by atoms with Gasteiger partial charge in [-0.2, -0.15) is 5.10 Å². The zero-order valence-electron chi connectivity index (χ0n) is 16.4. The van der Waals surface area contributed by atoms with Crippen LogP contribution in [0, 0.1) is 0 Å². The van der Waals surface area contributed by atoms with E-state index in [4.69, 9.17) is 9.47 Å². The topological polar surface area (TPSA) is 63.2 Å². The fourth-order valence-corrected chi connectivity index (χ4v) is 2.68. The van der Waals surface area contributed by atoms with Crippen LogP contribution in [0.15, 0.2) is 47.6 Å². The highest BCUT2D eigenvalue weighted by Gasteiger charge is 2.07. The second-order valence-corrected chi connectivity index (χ2v) is 5.76. The van der Waals surface area contributed by atoms with E-state index in [0.29, 0.717) is 23.7 Å². The number of benzene rings is 2. The zero-order chi connectivity index (χ0) is 19.6. The van der Waals surface area contributed by atoms with Gasteiger partial charge in [-0.05, 0) is 68.8 Å². The molecule has 0 spiro atoms. The Balaban J connectivity index is 2.00. The molecule has 0 saturated carbocycles. The van der Waals surface area contributed by atoms with Crippen LogP contribution in [-0.4, -0.2) is 38.9 Å². The quantitative estimate of drug-likeness (QED) is 0.541. The Morgan fingerprint density at radius 3 is 2.37 bits per heavy atom. The summed E-state index contributed by atoms with van der Waals surface area (Å²) in [6.45, 7) is 8.55. The molecule has 6 nitrogen and oxygen atoms in total. The van der Waals surface area contributed by atoms with Crippen LogP contribution in [-0.2, 0) is 0 Å². The molecule has 2 aromatic rings. The Labute approximate surface area is 160 Å². The number of hydrazone groups is 1. The molecule has 2 aromatic carbocycles. The van der Waals surface area contributed by atoms with Crippen LogP contribution in [0.4, 0.5) is 5.69 Å². The lowest BCUT2D eigenvalue weighted by Crippen LogP contribution is -2.22. The average Bonchev–Trinajstić information content (AvgIpc) is 2.70. The van der Waals surface area contributed by atoms with E-state index in [2.05, 4.69) is 29.3 Å². The summed E-state index contributed by atoms with van der Waals surface area (Å²) >= 11 is 0. The maximum Gasteiger partial charge on any atom is 0.271 e. The summed E-state index contributed by atoms with van der Waals surface area (Å²) in [6.07, 6.45) is 1.57. The Hall–Kier alpha value is -3.02. The Bertz CT molecular complexity index is 769. The Kier molecular flexibility index (Phi) is 7.67. The number of hydrogen-bond acceptors (Lipinski definition) is 5. The lowest BCUT2D eigenvalue weighted by Gasteiger charge is -2.20. The fraction of sp³-hybridized carbons (Fsp3) is 0.333. The number of carbonyl (C=O) groups excluding carboxylic acids is 1. The van der Waals surface area contributed by atoms with Crippen molar-refractivity contribution in [2.75, 3.05) is 31.7 Å². The molecule has 144 valence electrons. The van der Waals surface area contributed by atoms with Gasteiger partial charge < -0.3 is 14.4 Å². The molecule has 0 aliphatic carbocycles. The van der Waals surface area contributed by atoms with Crippen LogP contribution in [0.2, 0.25) is 0 Å². The minimum Gasteiger partial charge on any atom is -0.493 e. The molecule has 6 heteroatoms. The van der Waals surface area contributed by atoms with Gasteiger partial charge in [-0.25, -0.2) is 5.43 Å².